The average molecular weight is 725 g/mol. The zero-order valence-electron chi connectivity index (χ0n) is 22.8. The van der Waals surface area contributed by atoms with Crippen molar-refractivity contribution in [3.63, 3.8) is 0 Å². The van der Waals surface area contributed by atoms with Gasteiger partial charge in [0.05, 0.1) is 12.7 Å². The van der Waals surface area contributed by atoms with Crippen LogP contribution in [0, 0.1) is 0 Å². The van der Waals surface area contributed by atoms with Crippen molar-refractivity contribution < 1.29 is 36.8 Å². The number of thiol groups is 1. The van der Waals surface area contributed by atoms with Crippen molar-refractivity contribution in [3.05, 3.63) is 33.4 Å². The molecule has 0 aromatic carbocycles. The third kappa shape index (κ3) is 5.56. The standard InChI is InChI=1S/C20H24F2N12O8P2S2/c21-7-11-5(39-17(7)33-3-25-9-13(33)29-19(23)31-15(9)35)1-27-43(37,45)42-12-6(2-28-44(38,46)41-11)40-18(8(12)22)34-4-26-10-14(34)30-20(24)32-16(10)36/h3-8,11-12,17-18H,1-2H2,(H2,27,37,45)(H2,28,38,46)(H3,23,29,31,35)(H3,24,30,32,36)/t5-,6-,7+,8+,11+,12+,17-,18-,43?,44?/m1/s1. The molecular formula is C20H24F2N12O8P2S2. The highest BCUT2D eigenvalue weighted by Crippen LogP contribution is 2.54. The SMILES string of the molecule is Nc1nc2c(ncn2[C@@H]2O[C@@H]3CNP(O)(=S)O[C@@H]4[C@H](F)[C@H](n5cnc6c(=O)[nH]c(N)nc65)O[C@@H]4CNP(=O)(S)O[C@@H]3[C@@H]2F)c(=O)[nH]1. The number of ether oxygens (including phenoxy) is 2. The minimum atomic E-state index is -4.20. The van der Waals surface area contributed by atoms with E-state index in [4.69, 9.17) is 41.8 Å². The second-order valence-corrected chi connectivity index (χ2v) is 16.7. The predicted molar refractivity (Wildman–Crippen MR) is 162 cm³/mol. The molecule has 9 N–H and O–H groups in total. The van der Waals surface area contributed by atoms with Crippen LogP contribution in [0.4, 0.5) is 20.7 Å². The molecule has 248 valence electrons. The van der Waals surface area contributed by atoms with Gasteiger partial charge in [0.15, 0.2) is 47.1 Å². The van der Waals surface area contributed by atoms with Crippen LogP contribution >= 0.6 is 25.6 Å². The minimum Gasteiger partial charge on any atom is -0.369 e. The molecule has 7 heterocycles. The first-order valence-electron chi connectivity index (χ1n) is 13.3. The van der Waals surface area contributed by atoms with Gasteiger partial charge in [-0.25, -0.2) is 28.9 Å². The predicted octanol–water partition coefficient (Wildman–Crippen LogP) is -0.894. The molecule has 46 heavy (non-hydrogen) atoms. The lowest BCUT2D eigenvalue weighted by atomic mass is 10.1. The summed E-state index contributed by atoms with van der Waals surface area (Å²) in [5.41, 5.74) is 9.49. The normalized spacial score (nSPS) is 37.1. The van der Waals surface area contributed by atoms with Crippen LogP contribution in [0.1, 0.15) is 12.5 Å². The van der Waals surface area contributed by atoms with Gasteiger partial charge in [0.1, 0.15) is 24.4 Å². The summed E-state index contributed by atoms with van der Waals surface area (Å²) < 4.78 is 70.8. The van der Waals surface area contributed by atoms with E-state index in [2.05, 4.69) is 52.3 Å². The lowest BCUT2D eigenvalue weighted by Crippen LogP contribution is -2.42. The molecule has 0 saturated carbocycles. The summed E-state index contributed by atoms with van der Waals surface area (Å²) in [4.78, 5) is 56.0. The Kier molecular flexibility index (Phi) is 7.84. The molecule has 10 atom stereocenters. The van der Waals surface area contributed by atoms with Crippen LogP contribution in [-0.4, -0.2) is 93.8 Å². The molecule has 3 aliphatic rings. The summed E-state index contributed by atoms with van der Waals surface area (Å²) in [6.45, 7) is -9.14. The number of H-pyrrole nitrogens is 2. The van der Waals surface area contributed by atoms with Gasteiger partial charge < -0.3 is 34.9 Å². The number of nitrogens with zero attached hydrogens (tertiary/aromatic N) is 6. The lowest BCUT2D eigenvalue weighted by Gasteiger charge is -2.30. The largest absolute Gasteiger partial charge is 0.369 e. The lowest BCUT2D eigenvalue weighted by molar-refractivity contribution is -0.0219. The number of nitrogen functional groups attached to an aromatic ring is 2. The van der Waals surface area contributed by atoms with Crippen LogP contribution in [0.5, 0.6) is 0 Å². The summed E-state index contributed by atoms with van der Waals surface area (Å²) in [6, 6.07) is 0. The highest BCUT2D eigenvalue weighted by atomic mass is 32.7. The second-order valence-electron chi connectivity index (χ2n) is 10.5. The third-order valence-electron chi connectivity index (χ3n) is 7.50. The van der Waals surface area contributed by atoms with Crippen molar-refractivity contribution in [1.29, 1.82) is 0 Å². The summed E-state index contributed by atoms with van der Waals surface area (Å²) >= 11 is 9.33. The fourth-order valence-corrected chi connectivity index (χ4v) is 8.72. The Hall–Kier alpha value is -2.89. The molecule has 0 bridgehead atoms. The third-order valence-corrected chi connectivity index (χ3v) is 11.1. The van der Waals surface area contributed by atoms with E-state index < -0.39 is 86.8 Å². The number of imidazole rings is 2. The number of rotatable bonds is 2. The number of halogens is 2. The maximum Gasteiger partial charge on any atom is 0.324 e. The molecule has 0 radical (unpaired) electrons. The zero-order valence-corrected chi connectivity index (χ0v) is 26.3. The number of aromatic amines is 2. The Balaban J connectivity index is 1.18. The van der Waals surface area contributed by atoms with Gasteiger partial charge in [0, 0.05) is 13.1 Å². The van der Waals surface area contributed by atoms with Crippen LogP contribution in [0.3, 0.4) is 0 Å². The average Bonchev–Trinajstić information content (AvgIpc) is 3.72. The van der Waals surface area contributed by atoms with Crippen molar-refractivity contribution in [1.82, 2.24) is 49.2 Å². The zero-order chi connectivity index (χ0) is 32.7. The molecule has 26 heteroatoms. The van der Waals surface area contributed by atoms with Crippen LogP contribution < -0.4 is 32.8 Å². The van der Waals surface area contributed by atoms with Gasteiger partial charge in [0.25, 0.3) is 17.8 Å². The van der Waals surface area contributed by atoms with Gasteiger partial charge in [-0.3, -0.25) is 33.3 Å². The number of fused-ring (bicyclic) bond motifs is 4. The van der Waals surface area contributed by atoms with Crippen molar-refractivity contribution in [3.8, 4) is 0 Å². The molecule has 7 rings (SSSR count). The molecule has 20 nitrogen and oxygen atoms in total. The Labute approximate surface area is 264 Å². The molecule has 0 aliphatic carbocycles. The van der Waals surface area contributed by atoms with E-state index >= 15 is 8.78 Å². The van der Waals surface area contributed by atoms with Crippen LogP contribution in [0.2, 0.25) is 0 Å². The summed E-state index contributed by atoms with van der Waals surface area (Å²) in [7, 11) is 0. The fourth-order valence-electron chi connectivity index (χ4n) is 5.49. The first-order valence-corrected chi connectivity index (χ1v) is 18.7. The first kappa shape index (κ1) is 31.7. The molecule has 3 fully saturated rings. The van der Waals surface area contributed by atoms with Gasteiger partial charge in [-0.2, -0.15) is 9.97 Å². The molecular weight excluding hydrogens is 700 g/mol. The van der Waals surface area contributed by atoms with Crippen molar-refractivity contribution in [2.75, 3.05) is 24.6 Å². The highest BCUT2D eigenvalue weighted by Gasteiger charge is 2.53. The van der Waals surface area contributed by atoms with E-state index in [9.17, 15) is 19.0 Å². The number of nitrogens with two attached hydrogens (primary N) is 2. The van der Waals surface area contributed by atoms with E-state index in [0.29, 0.717) is 0 Å². The van der Waals surface area contributed by atoms with E-state index in [-0.39, 0.29) is 34.2 Å². The Bertz CT molecular complexity index is 1920. The number of hydrogen-bond donors (Lipinski definition) is 8. The Morgan fingerprint density at radius 3 is 1.85 bits per heavy atom. The summed E-state index contributed by atoms with van der Waals surface area (Å²) in [6.07, 6.45) is -10.6. The van der Waals surface area contributed by atoms with Gasteiger partial charge in [-0.1, -0.05) is 12.2 Å². The monoisotopic (exact) mass is 724 g/mol. The molecule has 2 unspecified atom stereocenters. The van der Waals surface area contributed by atoms with Gasteiger partial charge >= 0.3 is 6.72 Å². The molecule has 0 amide bonds. The highest BCUT2D eigenvalue weighted by molar-refractivity contribution is 8.45. The fraction of sp³-hybridized carbons (Fsp3) is 0.500. The van der Waals surface area contributed by atoms with Crippen LogP contribution in [0.15, 0.2) is 22.2 Å². The summed E-state index contributed by atoms with van der Waals surface area (Å²) in [5.74, 6) is -0.507. The van der Waals surface area contributed by atoms with Crippen molar-refractivity contribution >= 4 is 71.6 Å². The second kappa shape index (κ2) is 11.4. The van der Waals surface area contributed by atoms with E-state index in [1.54, 1.807) is 0 Å². The van der Waals surface area contributed by atoms with Gasteiger partial charge in [-0.05, 0) is 11.8 Å². The number of anilines is 2. The van der Waals surface area contributed by atoms with E-state index in [1.165, 1.54) is 0 Å². The molecule has 0 spiro atoms. The topological polar surface area (TPSA) is 277 Å². The first-order chi connectivity index (χ1) is 21.7. The molecule has 4 aromatic heterocycles. The Morgan fingerprint density at radius 1 is 0.891 bits per heavy atom. The van der Waals surface area contributed by atoms with Crippen molar-refractivity contribution in [2.24, 2.45) is 0 Å². The van der Waals surface area contributed by atoms with Crippen molar-refractivity contribution in [2.45, 2.75) is 49.2 Å². The van der Waals surface area contributed by atoms with Gasteiger partial charge in [0.2, 0.25) is 11.9 Å². The molecule has 3 saturated heterocycles. The maximum absolute atomic E-state index is 16.1. The van der Waals surface area contributed by atoms with Gasteiger partial charge in [-0.15, -0.1) is 0 Å². The minimum absolute atomic E-state index is 0.0920. The van der Waals surface area contributed by atoms with Crippen LogP contribution in [-0.2, 0) is 34.9 Å². The van der Waals surface area contributed by atoms with E-state index in [1.807, 2.05) is 0 Å². The maximum atomic E-state index is 16.1. The number of nitrogens with one attached hydrogen (secondary N) is 4. The Morgan fingerprint density at radius 2 is 1.35 bits per heavy atom. The van der Waals surface area contributed by atoms with E-state index in [0.717, 1.165) is 21.8 Å². The molecule has 3 aliphatic heterocycles. The summed E-state index contributed by atoms with van der Waals surface area (Å²) in [5, 5.41) is 5.08. The quantitative estimate of drug-likeness (QED) is 0.0919. The number of alkyl halides is 2. The number of aromatic nitrogens is 8. The molecule has 4 aromatic rings. The van der Waals surface area contributed by atoms with Crippen LogP contribution in [0.25, 0.3) is 22.3 Å². The smallest absolute Gasteiger partial charge is 0.324 e. The number of hydrogen-bond acceptors (Lipinski definition) is 14.